The van der Waals surface area contributed by atoms with Gasteiger partial charge in [0, 0.05) is 12.6 Å². The normalized spacial score (nSPS) is 17.7. The first-order valence-corrected chi connectivity index (χ1v) is 10.1. The lowest BCUT2D eigenvalue weighted by molar-refractivity contribution is 0.141. The number of anilines is 1. The fourth-order valence-electron chi connectivity index (χ4n) is 3.81. The second-order valence-electron chi connectivity index (χ2n) is 7.92. The summed E-state index contributed by atoms with van der Waals surface area (Å²) in [5.74, 6) is 0.709. The first kappa shape index (κ1) is 19.7. The average molecular weight is 377 g/mol. The summed E-state index contributed by atoms with van der Waals surface area (Å²) in [6, 6.07) is 0.808. The summed E-state index contributed by atoms with van der Waals surface area (Å²) in [6.45, 7) is 11.3. The topological polar surface area (TPSA) is 102 Å². The highest BCUT2D eigenvalue weighted by Crippen LogP contribution is 2.23. The Morgan fingerprint density at radius 3 is 2.59 bits per heavy atom. The Labute approximate surface area is 160 Å². The molecule has 1 saturated heterocycles. The summed E-state index contributed by atoms with van der Waals surface area (Å²) in [4.78, 5) is 26.5. The van der Waals surface area contributed by atoms with Crippen LogP contribution < -0.4 is 16.2 Å². The predicted molar refractivity (Wildman–Crippen MR) is 107 cm³/mol. The van der Waals surface area contributed by atoms with Gasteiger partial charge in [-0.15, -0.1) is 0 Å². The minimum absolute atomic E-state index is 0.00586. The number of nitrogens with two attached hydrogens (primary N) is 1. The van der Waals surface area contributed by atoms with Crippen molar-refractivity contribution in [2.75, 3.05) is 18.8 Å². The molecule has 27 heavy (non-hydrogen) atoms. The van der Waals surface area contributed by atoms with Gasteiger partial charge in [0.25, 0.3) is 0 Å². The highest BCUT2D eigenvalue weighted by atomic mass is 16.5. The SMILES string of the molecule is CCCC(C)Oc1nc(N)c2[nH]c(=O)n(CC3CCN(C(C)C)CC3)c2n1. The van der Waals surface area contributed by atoms with Gasteiger partial charge in [-0.1, -0.05) is 13.3 Å². The van der Waals surface area contributed by atoms with Gasteiger partial charge in [-0.25, -0.2) is 4.79 Å². The summed E-state index contributed by atoms with van der Waals surface area (Å²) in [5.41, 5.74) is 6.90. The molecule has 0 bridgehead atoms. The maximum absolute atomic E-state index is 12.5. The van der Waals surface area contributed by atoms with E-state index in [4.69, 9.17) is 10.5 Å². The highest BCUT2D eigenvalue weighted by Gasteiger charge is 2.23. The second-order valence-corrected chi connectivity index (χ2v) is 7.92. The molecule has 1 aliphatic rings. The molecular formula is C19H32N6O2. The lowest BCUT2D eigenvalue weighted by Crippen LogP contribution is -2.39. The van der Waals surface area contributed by atoms with Gasteiger partial charge in [0.1, 0.15) is 5.52 Å². The van der Waals surface area contributed by atoms with Crippen molar-refractivity contribution in [2.24, 2.45) is 5.92 Å². The van der Waals surface area contributed by atoms with E-state index in [1.165, 1.54) is 0 Å². The van der Waals surface area contributed by atoms with Gasteiger partial charge in [0.05, 0.1) is 6.10 Å². The van der Waals surface area contributed by atoms with Crippen LogP contribution in [0.3, 0.4) is 0 Å². The molecule has 8 heteroatoms. The van der Waals surface area contributed by atoms with Crippen LogP contribution in [0.5, 0.6) is 6.01 Å². The van der Waals surface area contributed by atoms with Gasteiger partial charge in [0.15, 0.2) is 11.5 Å². The molecule has 3 heterocycles. The van der Waals surface area contributed by atoms with Crippen LogP contribution in [0.1, 0.15) is 53.4 Å². The van der Waals surface area contributed by atoms with Crippen molar-refractivity contribution in [1.29, 1.82) is 0 Å². The summed E-state index contributed by atoms with van der Waals surface area (Å²) in [7, 11) is 0. The van der Waals surface area contributed by atoms with E-state index in [0.29, 0.717) is 29.7 Å². The van der Waals surface area contributed by atoms with Crippen molar-refractivity contribution < 1.29 is 4.74 Å². The van der Waals surface area contributed by atoms with E-state index in [2.05, 4.69) is 40.6 Å². The van der Waals surface area contributed by atoms with Crippen LogP contribution >= 0.6 is 0 Å². The Kier molecular flexibility index (Phi) is 6.04. The van der Waals surface area contributed by atoms with Crippen molar-refractivity contribution in [3.8, 4) is 6.01 Å². The van der Waals surface area contributed by atoms with Crippen LogP contribution in [0, 0.1) is 5.92 Å². The van der Waals surface area contributed by atoms with E-state index >= 15 is 0 Å². The van der Waals surface area contributed by atoms with Crippen LogP contribution in [-0.2, 0) is 6.54 Å². The van der Waals surface area contributed by atoms with Crippen molar-refractivity contribution >= 4 is 17.0 Å². The number of aromatic amines is 1. The number of H-pyrrole nitrogens is 1. The number of fused-ring (bicyclic) bond motifs is 1. The maximum Gasteiger partial charge on any atom is 0.327 e. The standard InChI is InChI=1S/C19H32N6O2/c1-5-6-13(4)27-18-22-16(20)15-17(23-18)25(19(26)21-15)11-14-7-9-24(10-8-14)12(2)3/h12-14H,5-11H2,1-4H3,(H,21,26)(H2,20,22,23). The first-order chi connectivity index (χ1) is 12.9. The van der Waals surface area contributed by atoms with E-state index < -0.39 is 0 Å². The zero-order valence-corrected chi connectivity index (χ0v) is 16.9. The van der Waals surface area contributed by atoms with Crippen molar-refractivity contribution in [3.05, 3.63) is 10.5 Å². The number of piperidine rings is 1. The molecule has 1 atom stereocenters. The Hall–Kier alpha value is -2.09. The van der Waals surface area contributed by atoms with Crippen LogP contribution in [0.15, 0.2) is 4.79 Å². The molecule has 0 aliphatic carbocycles. The number of rotatable bonds is 7. The molecule has 1 aliphatic heterocycles. The number of imidazole rings is 1. The molecule has 0 radical (unpaired) electrons. The van der Waals surface area contributed by atoms with Gasteiger partial charge in [-0.2, -0.15) is 9.97 Å². The largest absolute Gasteiger partial charge is 0.460 e. The van der Waals surface area contributed by atoms with Crippen LogP contribution in [0.4, 0.5) is 5.82 Å². The molecule has 8 nitrogen and oxygen atoms in total. The molecule has 2 aromatic rings. The molecule has 0 aromatic carbocycles. The number of aromatic nitrogens is 4. The van der Waals surface area contributed by atoms with Gasteiger partial charge in [-0.05, 0) is 59.0 Å². The summed E-state index contributed by atoms with van der Waals surface area (Å²) in [6.07, 6.45) is 4.09. The third-order valence-electron chi connectivity index (χ3n) is 5.45. The zero-order chi connectivity index (χ0) is 19.6. The van der Waals surface area contributed by atoms with Gasteiger partial charge >= 0.3 is 11.7 Å². The fourth-order valence-corrected chi connectivity index (χ4v) is 3.81. The first-order valence-electron chi connectivity index (χ1n) is 10.1. The number of likely N-dealkylation sites (tertiary alicyclic amines) is 1. The lowest BCUT2D eigenvalue weighted by Gasteiger charge is -2.34. The Bertz CT molecular complexity index is 819. The molecular weight excluding hydrogens is 344 g/mol. The molecule has 0 saturated carbocycles. The van der Waals surface area contributed by atoms with Crippen molar-refractivity contribution in [2.45, 2.75) is 72.1 Å². The average Bonchev–Trinajstić information content (AvgIpc) is 2.92. The minimum atomic E-state index is -0.184. The van der Waals surface area contributed by atoms with Crippen LogP contribution in [-0.4, -0.2) is 49.7 Å². The monoisotopic (exact) mass is 376 g/mol. The van der Waals surface area contributed by atoms with Gasteiger partial charge in [-0.3, -0.25) is 4.57 Å². The third-order valence-corrected chi connectivity index (χ3v) is 5.45. The van der Waals surface area contributed by atoms with Crippen LogP contribution in [0.25, 0.3) is 11.2 Å². The minimum Gasteiger partial charge on any atom is -0.460 e. The highest BCUT2D eigenvalue weighted by molar-refractivity contribution is 5.81. The number of ether oxygens (including phenoxy) is 1. The van der Waals surface area contributed by atoms with Gasteiger partial charge in [0.2, 0.25) is 0 Å². The molecule has 0 spiro atoms. The van der Waals surface area contributed by atoms with E-state index in [9.17, 15) is 4.79 Å². The fraction of sp³-hybridized carbons (Fsp3) is 0.737. The van der Waals surface area contributed by atoms with E-state index in [1.807, 2.05) is 6.92 Å². The Morgan fingerprint density at radius 2 is 1.96 bits per heavy atom. The molecule has 1 fully saturated rings. The van der Waals surface area contributed by atoms with E-state index in [0.717, 1.165) is 38.8 Å². The number of hydrogen-bond acceptors (Lipinski definition) is 6. The molecule has 0 amide bonds. The molecule has 150 valence electrons. The summed E-state index contributed by atoms with van der Waals surface area (Å²) in [5, 5.41) is 0. The van der Waals surface area contributed by atoms with E-state index in [1.54, 1.807) is 4.57 Å². The van der Waals surface area contributed by atoms with Crippen molar-refractivity contribution in [3.63, 3.8) is 0 Å². The van der Waals surface area contributed by atoms with E-state index in [-0.39, 0.29) is 23.6 Å². The van der Waals surface area contributed by atoms with Crippen LogP contribution in [0.2, 0.25) is 0 Å². The molecule has 3 N–H and O–H groups in total. The smallest absolute Gasteiger partial charge is 0.327 e. The quantitative estimate of drug-likeness (QED) is 0.769. The number of nitrogen functional groups attached to an aromatic ring is 1. The number of nitrogens with one attached hydrogen (secondary N) is 1. The summed E-state index contributed by atoms with van der Waals surface area (Å²) < 4.78 is 7.50. The Balaban J connectivity index is 1.81. The summed E-state index contributed by atoms with van der Waals surface area (Å²) >= 11 is 0. The lowest BCUT2D eigenvalue weighted by atomic mass is 9.96. The van der Waals surface area contributed by atoms with Gasteiger partial charge < -0.3 is 20.4 Å². The second kappa shape index (κ2) is 8.29. The van der Waals surface area contributed by atoms with Crippen molar-refractivity contribution in [1.82, 2.24) is 24.4 Å². The number of hydrogen-bond donors (Lipinski definition) is 2. The molecule has 1 unspecified atom stereocenters. The number of nitrogens with zero attached hydrogens (tertiary/aromatic N) is 4. The Morgan fingerprint density at radius 1 is 1.26 bits per heavy atom. The molecule has 2 aromatic heterocycles. The zero-order valence-electron chi connectivity index (χ0n) is 16.9. The predicted octanol–water partition coefficient (Wildman–Crippen LogP) is 2.39. The maximum atomic E-state index is 12.5. The third kappa shape index (κ3) is 4.43. The molecule has 3 rings (SSSR count).